The fraction of sp³-hybridized carbons (Fsp3) is 0.167. The van der Waals surface area contributed by atoms with Crippen molar-refractivity contribution in [3.05, 3.63) is 50.9 Å². The Bertz CT molecular complexity index is 483. The van der Waals surface area contributed by atoms with Crippen LogP contribution in [0.2, 0.25) is 0 Å². The number of benzene rings is 1. The molecule has 0 radical (unpaired) electrons. The minimum Gasteiger partial charge on any atom is -0.367 e. The van der Waals surface area contributed by atoms with Gasteiger partial charge in [0, 0.05) is 21.8 Å². The molecule has 0 aliphatic heterocycles. The van der Waals surface area contributed by atoms with Crippen LogP contribution in [0.5, 0.6) is 0 Å². The molecular formula is C12H11BrFNS. The Kier molecular flexibility index (Phi) is 3.61. The molecule has 0 amide bonds. The van der Waals surface area contributed by atoms with Gasteiger partial charge >= 0.3 is 0 Å². The molecule has 0 bridgehead atoms. The van der Waals surface area contributed by atoms with Crippen molar-refractivity contribution in [3.8, 4) is 0 Å². The molecule has 1 aromatic carbocycles. The highest BCUT2D eigenvalue weighted by Gasteiger charge is 2.08. The number of thiophene rings is 1. The molecule has 0 spiro atoms. The summed E-state index contributed by atoms with van der Waals surface area (Å²) in [6.45, 7) is 0.719. The van der Waals surface area contributed by atoms with Crippen LogP contribution in [-0.4, -0.2) is 7.05 Å². The van der Waals surface area contributed by atoms with E-state index in [4.69, 9.17) is 0 Å². The molecule has 2 rings (SSSR count). The number of nitrogens with zero attached hydrogens (tertiary/aromatic N) is 1. The number of para-hydroxylation sites is 1. The topological polar surface area (TPSA) is 3.24 Å². The van der Waals surface area contributed by atoms with Gasteiger partial charge in [-0.2, -0.15) is 0 Å². The van der Waals surface area contributed by atoms with Crippen LogP contribution in [0.1, 0.15) is 4.88 Å². The van der Waals surface area contributed by atoms with Gasteiger partial charge in [0.25, 0.3) is 0 Å². The van der Waals surface area contributed by atoms with E-state index in [0.29, 0.717) is 5.69 Å². The van der Waals surface area contributed by atoms with Crippen molar-refractivity contribution in [3.63, 3.8) is 0 Å². The number of hydrogen-bond donors (Lipinski definition) is 0. The third kappa shape index (κ3) is 2.62. The minimum atomic E-state index is -0.180. The van der Waals surface area contributed by atoms with E-state index >= 15 is 0 Å². The fourth-order valence-corrected chi connectivity index (χ4v) is 3.02. The van der Waals surface area contributed by atoms with Crippen molar-refractivity contribution >= 4 is 33.0 Å². The zero-order valence-corrected chi connectivity index (χ0v) is 11.2. The van der Waals surface area contributed by atoms with Gasteiger partial charge in [-0.1, -0.05) is 12.1 Å². The van der Waals surface area contributed by atoms with E-state index < -0.39 is 0 Å². The maximum atomic E-state index is 13.5. The standard InChI is InChI=1S/C12H11BrFNS/c1-15(7-10-6-9(13)8-16-10)12-5-3-2-4-11(12)14/h2-6,8H,7H2,1H3. The van der Waals surface area contributed by atoms with E-state index in [-0.39, 0.29) is 5.82 Å². The Morgan fingerprint density at radius 1 is 1.38 bits per heavy atom. The fourth-order valence-electron chi connectivity index (χ4n) is 1.52. The van der Waals surface area contributed by atoms with Crippen molar-refractivity contribution in [2.75, 3.05) is 11.9 Å². The summed E-state index contributed by atoms with van der Waals surface area (Å²) in [6.07, 6.45) is 0. The van der Waals surface area contributed by atoms with Gasteiger partial charge in [-0.25, -0.2) is 4.39 Å². The van der Waals surface area contributed by atoms with E-state index in [1.165, 1.54) is 10.9 Å². The second-order valence-electron chi connectivity index (χ2n) is 3.54. The highest BCUT2D eigenvalue weighted by Crippen LogP contribution is 2.24. The Morgan fingerprint density at radius 2 is 2.12 bits per heavy atom. The molecule has 0 atom stereocenters. The summed E-state index contributed by atoms with van der Waals surface area (Å²) in [5, 5.41) is 2.03. The summed E-state index contributed by atoms with van der Waals surface area (Å²) in [5.41, 5.74) is 0.632. The van der Waals surface area contributed by atoms with Gasteiger partial charge in [-0.3, -0.25) is 0 Å². The molecule has 0 N–H and O–H groups in total. The molecule has 0 saturated heterocycles. The molecule has 1 nitrogen and oxygen atoms in total. The van der Waals surface area contributed by atoms with Gasteiger partial charge in [0.1, 0.15) is 5.82 Å². The highest BCUT2D eigenvalue weighted by atomic mass is 79.9. The van der Waals surface area contributed by atoms with E-state index in [1.807, 2.05) is 23.4 Å². The average molecular weight is 300 g/mol. The quantitative estimate of drug-likeness (QED) is 0.817. The highest BCUT2D eigenvalue weighted by molar-refractivity contribution is 9.10. The molecule has 16 heavy (non-hydrogen) atoms. The van der Waals surface area contributed by atoms with Crippen molar-refractivity contribution in [2.24, 2.45) is 0 Å². The first-order valence-corrected chi connectivity index (χ1v) is 6.52. The van der Waals surface area contributed by atoms with Crippen LogP contribution in [0.25, 0.3) is 0 Å². The first-order chi connectivity index (χ1) is 7.66. The average Bonchev–Trinajstić information content (AvgIpc) is 2.64. The number of halogens is 2. The van der Waals surface area contributed by atoms with Crippen LogP contribution in [0.4, 0.5) is 10.1 Å². The summed E-state index contributed by atoms with van der Waals surface area (Å²) >= 11 is 5.08. The lowest BCUT2D eigenvalue weighted by molar-refractivity contribution is 0.622. The number of anilines is 1. The molecule has 1 aromatic heterocycles. The Labute approximate surface area is 107 Å². The van der Waals surface area contributed by atoms with Crippen LogP contribution in [0, 0.1) is 5.82 Å². The number of hydrogen-bond acceptors (Lipinski definition) is 2. The molecule has 4 heteroatoms. The monoisotopic (exact) mass is 299 g/mol. The maximum absolute atomic E-state index is 13.5. The first kappa shape index (κ1) is 11.6. The summed E-state index contributed by atoms with van der Waals surface area (Å²) < 4.78 is 14.6. The normalized spacial score (nSPS) is 10.4. The van der Waals surface area contributed by atoms with Crippen LogP contribution < -0.4 is 4.90 Å². The summed E-state index contributed by atoms with van der Waals surface area (Å²) in [7, 11) is 1.89. The lowest BCUT2D eigenvalue weighted by Gasteiger charge is -2.18. The molecule has 0 unspecified atom stereocenters. The molecule has 0 aliphatic rings. The van der Waals surface area contributed by atoms with Gasteiger partial charge in [0.05, 0.1) is 12.2 Å². The zero-order chi connectivity index (χ0) is 11.5. The van der Waals surface area contributed by atoms with Crippen LogP contribution in [0.15, 0.2) is 40.2 Å². The van der Waals surface area contributed by atoms with E-state index in [1.54, 1.807) is 23.5 Å². The molecule has 2 aromatic rings. The van der Waals surface area contributed by atoms with Gasteiger partial charge < -0.3 is 4.90 Å². The molecule has 1 heterocycles. The lowest BCUT2D eigenvalue weighted by Crippen LogP contribution is -2.16. The third-order valence-electron chi connectivity index (χ3n) is 2.28. The van der Waals surface area contributed by atoms with Gasteiger partial charge in [0.2, 0.25) is 0 Å². The largest absolute Gasteiger partial charge is 0.367 e. The predicted octanol–water partition coefficient (Wildman–Crippen LogP) is 4.29. The number of rotatable bonds is 3. The Morgan fingerprint density at radius 3 is 2.75 bits per heavy atom. The van der Waals surface area contributed by atoms with Crippen molar-refractivity contribution < 1.29 is 4.39 Å². The lowest BCUT2D eigenvalue weighted by atomic mass is 10.3. The Hall–Kier alpha value is -0.870. The van der Waals surface area contributed by atoms with Gasteiger partial charge in [0.15, 0.2) is 0 Å². The Balaban J connectivity index is 2.14. The van der Waals surface area contributed by atoms with E-state index in [0.717, 1.165) is 11.0 Å². The predicted molar refractivity (Wildman–Crippen MR) is 70.5 cm³/mol. The molecule has 0 fully saturated rings. The van der Waals surface area contributed by atoms with Gasteiger partial charge in [-0.15, -0.1) is 11.3 Å². The van der Waals surface area contributed by atoms with Gasteiger partial charge in [-0.05, 0) is 34.1 Å². The molecule has 0 saturated carbocycles. The summed E-state index contributed by atoms with van der Waals surface area (Å²) in [6, 6.07) is 8.88. The third-order valence-corrected chi connectivity index (χ3v) is 3.96. The summed E-state index contributed by atoms with van der Waals surface area (Å²) in [5.74, 6) is -0.180. The molecular weight excluding hydrogens is 289 g/mol. The summed E-state index contributed by atoms with van der Waals surface area (Å²) in [4.78, 5) is 3.12. The van der Waals surface area contributed by atoms with Crippen molar-refractivity contribution in [1.29, 1.82) is 0 Å². The van der Waals surface area contributed by atoms with Crippen LogP contribution in [0.3, 0.4) is 0 Å². The van der Waals surface area contributed by atoms with E-state index in [9.17, 15) is 4.39 Å². The molecule has 0 aliphatic carbocycles. The SMILES string of the molecule is CN(Cc1cc(Br)cs1)c1ccccc1F. The van der Waals surface area contributed by atoms with Crippen molar-refractivity contribution in [1.82, 2.24) is 0 Å². The molecule has 84 valence electrons. The van der Waals surface area contributed by atoms with Crippen molar-refractivity contribution in [2.45, 2.75) is 6.54 Å². The second-order valence-corrected chi connectivity index (χ2v) is 5.45. The van der Waals surface area contributed by atoms with E-state index in [2.05, 4.69) is 22.0 Å². The second kappa shape index (κ2) is 4.97. The zero-order valence-electron chi connectivity index (χ0n) is 8.78. The first-order valence-electron chi connectivity index (χ1n) is 4.85. The van der Waals surface area contributed by atoms with Crippen LogP contribution in [-0.2, 0) is 6.54 Å². The minimum absolute atomic E-state index is 0.180. The van der Waals surface area contributed by atoms with Crippen LogP contribution >= 0.6 is 27.3 Å². The smallest absolute Gasteiger partial charge is 0.146 e. The maximum Gasteiger partial charge on any atom is 0.146 e.